The normalized spacial score (nSPS) is 21.3. The molecule has 22 heavy (non-hydrogen) atoms. The number of ether oxygens (including phenoxy) is 2. The Balaban J connectivity index is 1.86. The number of aromatic nitrogens is 5. The van der Waals surface area contributed by atoms with Crippen LogP contribution in [-0.4, -0.2) is 53.9 Å². The average molecular weight is 328 g/mol. The molecule has 1 aliphatic heterocycles. The Morgan fingerprint density at radius 3 is 3.14 bits per heavy atom. The van der Waals surface area contributed by atoms with Crippen LogP contribution in [0.1, 0.15) is 13.2 Å². The van der Waals surface area contributed by atoms with Crippen LogP contribution in [0.15, 0.2) is 4.79 Å². The van der Waals surface area contributed by atoms with E-state index in [-0.39, 0.29) is 23.5 Å². The molecular weight excluding hydrogens is 316 g/mol. The molecule has 3 heterocycles. The molecule has 2 aromatic rings. The number of carbonyl (C=O) groups excluding carboxylic acids is 1. The number of nitrogens with zero attached hydrogens (tertiary/aromatic N) is 5. The summed E-state index contributed by atoms with van der Waals surface area (Å²) < 4.78 is 11.4. The maximum absolute atomic E-state index is 12.3. The van der Waals surface area contributed by atoms with E-state index >= 15 is 0 Å². The van der Waals surface area contributed by atoms with Crippen molar-refractivity contribution in [3.05, 3.63) is 10.4 Å². The predicted molar refractivity (Wildman–Crippen MR) is 74.2 cm³/mol. The fourth-order valence-electron chi connectivity index (χ4n) is 1.98. The molecule has 0 spiro atoms. The van der Waals surface area contributed by atoms with Gasteiger partial charge in [-0.3, -0.25) is 9.59 Å². The van der Waals surface area contributed by atoms with Gasteiger partial charge >= 0.3 is 11.5 Å². The monoisotopic (exact) mass is 328 g/mol. The summed E-state index contributed by atoms with van der Waals surface area (Å²) in [4.78, 5) is 23.5. The topological polar surface area (TPSA) is 147 Å². The van der Waals surface area contributed by atoms with E-state index in [0.717, 1.165) is 4.68 Å². The Bertz CT molecular complexity index is 788. The fourth-order valence-corrected chi connectivity index (χ4v) is 2.95. The first-order valence-corrected chi connectivity index (χ1v) is 7.25. The highest BCUT2D eigenvalue weighted by atomic mass is 32.2. The number of carbonyl (C=O) groups is 1. The summed E-state index contributed by atoms with van der Waals surface area (Å²) >= 11 is 1.37. The molecule has 0 saturated carbocycles. The van der Waals surface area contributed by atoms with Crippen LogP contribution in [0.4, 0.5) is 5.82 Å². The maximum atomic E-state index is 12.3. The third-order valence-electron chi connectivity index (χ3n) is 2.95. The molecule has 12 heteroatoms. The van der Waals surface area contributed by atoms with Crippen molar-refractivity contribution < 1.29 is 19.5 Å². The number of fused-ring (bicyclic) bond motifs is 1. The van der Waals surface area contributed by atoms with Gasteiger partial charge in [-0.15, -0.1) is 22.0 Å². The maximum Gasteiger partial charge on any atom is 0.302 e. The number of nitrogen functional groups attached to an aromatic ring is 1. The highest BCUT2D eigenvalue weighted by Gasteiger charge is 2.31. The summed E-state index contributed by atoms with van der Waals surface area (Å²) in [5.74, 6) is -0.0875. The number of hydrogen-bond donors (Lipinski definition) is 2. The first-order chi connectivity index (χ1) is 10.5. The molecular formula is C10H12N6O5S. The van der Waals surface area contributed by atoms with Crippen molar-refractivity contribution in [2.24, 2.45) is 0 Å². The Kier molecular flexibility index (Phi) is 3.62. The summed E-state index contributed by atoms with van der Waals surface area (Å²) in [6, 6.07) is 0. The zero-order valence-electron chi connectivity index (χ0n) is 11.4. The number of nitrogens with two attached hydrogens (primary N) is 1. The van der Waals surface area contributed by atoms with E-state index in [9.17, 15) is 14.8 Å². The van der Waals surface area contributed by atoms with Crippen molar-refractivity contribution in [3.8, 4) is 0 Å². The van der Waals surface area contributed by atoms with Crippen molar-refractivity contribution in [3.63, 3.8) is 0 Å². The second-order valence-electron chi connectivity index (χ2n) is 4.47. The number of thioether (sulfide) groups is 1. The van der Waals surface area contributed by atoms with Gasteiger partial charge in [-0.1, -0.05) is 10.1 Å². The Hall–Kier alpha value is -2.34. The number of anilines is 1. The van der Waals surface area contributed by atoms with Crippen LogP contribution >= 0.6 is 11.8 Å². The molecule has 11 nitrogen and oxygen atoms in total. The lowest BCUT2D eigenvalue weighted by Gasteiger charge is -2.13. The minimum Gasteiger partial charge on any atom is -0.462 e. The lowest BCUT2D eigenvalue weighted by atomic mass is 10.4. The van der Waals surface area contributed by atoms with Gasteiger partial charge in [-0.05, 0) is 0 Å². The van der Waals surface area contributed by atoms with Gasteiger partial charge in [0, 0.05) is 12.7 Å². The largest absolute Gasteiger partial charge is 0.462 e. The van der Waals surface area contributed by atoms with Crippen molar-refractivity contribution in [1.29, 1.82) is 0 Å². The van der Waals surface area contributed by atoms with Gasteiger partial charge in [-0.25, -0.2) is 0 Å². The smallest absolute Gasteiger partial charge is 0.302 e. The first-order valence-electron chi connectivity index (χ1n) is 6.20. The van der Waals surface area contributed by atoms with E-state index in [1.165, 1.54) is 18.7 Å². The molecule has 0 radical (unpaired) electrons. The molecule has 2 aromatic heterocycles. The molecule has 2 unspecified atom stereocenters. The van der Waals surface area contributed by atoms with E-state index in [2.05, 4.69) is 15.4 Å². The zero-order chi connectivity index (χ0) is 15.9. The van der Waals surface area contributed by atoms with E-state index < -0.39 is 23.2 Å². The molecule has 1 saturated heterocycles. The van der Waals surface area contributed by atoms with Crippen LogP contribution < -0.4 is 11.3 Å². The van der Waals surface area contributed by atoms with Crippen LogP contribution in [0.25, 0.3) is 11.0 Å². The first kappa shape index (κ1) is 14.6. The van der Waals surface area contributed by atoms with E-state index in [4.69, 9.17) is 15.2 Å². The second-order valence-corrected chi connectivity index (χ2v) is 5.66. The van der Waals surface area contributed by atoms with Crippen LogP contribution in [0.3, 0.4) is 0 Å². The van der Waals surface area contributed by atoms with Crippen molar-refractivity contribution >= 4 is 34.6 Å². The lowest BCUT2D eigenvalue weighted by Crippen LogP contribution is -2.31. The molecule has 3 N–H and O–H groups in total. The van der Waals surface area contributed by atoms with Gasteiger partial charge in [0.15, 0.2) is 23.1 Å². The summed E-state index contributed by atoms with van der Waals surface area (Å²) in [5.41, 5.74) is 4.33. The third-order valence-corrected chi connectivity index (χ3v) is 4.05. The fraction of sp³-hybridized carbons (Fsp3) is 0.500. The summed E-state index contributed by atoms with van der Waals surface area (Å²) in [6.45, 7) is 1.37. The van der Waals surface area contributed by atoms with E-state index in [0.29, 0.717) is 10.6 Å². The molecule has 1 aliphatic rings. The van der Waals surface area contributed by atoms with Gasteiger partial charge in [0.25, 0.3) is 0 Å². The van der Waals surface area contributed by atoms with Crippen LogP contribution in [0.2, 0.25) is 0 Å². The van der Waals surface area contributed by atoms with Crippen LogP contribution in [0, 0.1) is 0 Å². The molecule has 118 valence electrons. The van der Waals surface area contributed by atoms with Crippen LogP contribution in [-0.2, 0) is 14.3 Å². The quantitative estimate of drug-likeness (QED) is 0.528. The number of hydrogen-bond acceptors (Lipinski definition) is 10. The van der Waals surface area contributed by atoms with Gasteiger partial charge in [0.2, 0.25) is 0 Å². The van der Waals surface area contributed by atoms with Gasteiger partial charge in [0.05, 0.1) is 0 Å². The molecule has 0 aliphatic carbocycles. The highest BCUT2D eigenvalue weighted by molar-refractivity contribution is 8.00. The van der Waals surface area contributed by atoms with Crippen molar-refractivity contribution in [1.82, 2.24) is 24.9 Å². The minimum absolute atomic E-state index is 0.0193. The van der Waals surface area contributed by atoms with Gasteiger partial charge < -0.3 is 20.4 Å². The Labute approximate surface area is 126 Å². The molecule has 0 aromatic carbocycles. The SMILES string of the molecule is CC(=O)OCC1OC(n2nnc3c(N)nn(O)c3c2=O)CS1. The molecule has 0 bridgehead atoms. The summed E-state index contributed by atoms with van der Waals surface area (Å²) in [7, 11) is 0. The Morgan fingerprint density at radius 2 is 2.41 bits per heavy atom. The van der Waals surface area contributed by atoms with E-state index in [1.54, 1.807) is 0 Å². The van der Waals surface area contributed by atoms with Gasteiger partial charge in [0.1, 0.15) is 12.0 Å². The average Bonchev–Trinajstić information content (AvgIpc) is 3.03. The molecule has 3 rings (SSSR count). The van der Waals surface area contributed by atoms with E-state index in [1.807, 2.05) is 0 Å². The molecule has 0 amide bonds. The number of rotatable bonds is 3. The highest BCUT2D eigenvalue weighted by Crippen LogP contribution is 2.30. The molecule has 2 atom stereocenters. The third kappa shape index (κ3) is 2.46. The van der Waals surface area contributed by atoms with Crippen molar-refractivity contribution in [2.45, 2.75) is 18.6 Å². The minimum atomic E-state index is -0.689. The number of esters is 1. The molecule has 1 fully saturated rings. The lowest BCUT2D eigenvalue weighted by molar-refractivity contribution is -0.144. The zero-order valence-corrected chi connectivity index (χ0v) is 12.2. The second kappa shape index (κ2) is 5.46. The summed E-state index contributed by atoms with van der Waals surface area (Å²) in [5, 5.41) is 20.6. The summed E-state index contributed by atoms with van der Waals surface area (Å²) in [6.07, 6.45) is -0.689. The predicted octanol–water partition coefficient (Wildman–Crippen LogP) is -1.04. The van der Waals surface area contributed by atoms with Crippen molar-refractivity contribution in [2.75, 3.05) is 18.1 Å². The Morgan fingerprint density at radius 1 is 1.64 bits per heavy atom. The van der Waals surface area contributed by atoms with Gasteiger partial charge in [-0.2, -0.15) is 4.68 Å². The van der Waals surface area contributed by atoms with Crippen LogP contribution in [0.5, 0.6) is 0 Å². The standard InChI is InChI=1S/C10H12N6O5S/c1-4(17)20-2-6-21-5(3-22-6)15-10(18)8-7(12-14-15)9(11)13-16(8)19/h5-6,19H,2-3H2,1H3,(H2,11,13).